The van der Waals surface area contributed by atoms with Crippen molar-refractivity contribution >= 4 is 28.6 Å². The summed E-state index contributed by atoms with van der Waals surface area (Å²) in [5.74, 6) is -0.132. The largest absolute Gasteiger partial charge is 0.458 e. The van der Waals surface area contributed by atoms with Crippen molar-refractivity contribution in [3.05, 3.63) is 35.4 Å². The van der Waals surface area contributed by atoms with Gasteiger partial charge in [0.05, 0.1) is 5.56 Å². The van der Waals surface area contributed by atoms with Crippen LogP contribution in [-0.4, -0.2) is 16.5 Å². The fraction of sp³-hybridized carbons (Fsp3) is 0.632. The molecule has 1 aromatic rings. The highest BCUT2D eigenvalue weighted by Crippen LogP contribution is 2.19. The molecule has 0 saturated heterocycles. The van der Waals surface area contributed by atoms with Gasteiger partial charge in [0, 0.05) is 4.43 Å². The number of fused-ring (bicyclic) bond motifs is 1. The van der Waals surface area contributed by atoms with Gasteiger partial charge in [0.2, 0.25) is 0 Å². The number of carbonyl (C=O) groups excluding carboxylic acids is 1. The predicted molar refractivity (Wildman–Crippen MR) is 99.8 cm³/mol. The first-order valence-electron chi connectivity index (χ1n) is 8.66. The van der Waals surface area contributed by atoms with Crippen molar-refractivity contribution in [1.82, 2.24) is 0 Å². The maximum absolute atomic E-state index is 12.5. The number of ether oxygens (including phenoxy) is 1. The molecular formula is C19H27IO2. The molecule has 1 aromatic carbocycles. The SMILES string of the molecule is O=C1OC(CI)CCCCCCCCCCc2ccccc21. The Kier molecular flexibility index (Phi) is 8.27. The van der Waals surface area contributed by atoms with Gasteiger partial charge in [-0.15, -0.1) is 0 Å². The molecule has 0 fully saturated rings. The lowest BCUT2D eigenvalue weighted by Gasteiger charge is -2.16. The van der Waals surface area contributed by atoms with E-state index in [-0.39, 0.29) is 12.1 Å². The molecule has 1 unspecified atom stereocenters. The second-order valence-electron chi connectivity index (χ2n) is 6.21. The van der Waals surface area contributed by atoms with E-state index in [9.17, 15) is 4.79 Å². The van der Waals surface area contributed by atoms with Crippen LogP contribution in [-0.2, 0) is 11.2 Å². The second-order valence-corrected chi connectivity index (χ2v) is 7.09. The number of hydrogen-bond donors (Lipinski definition) is 0. The molecule has 3 heteroatoms. The third-order valence-corrected chi connectivity index (χ3v) is 5.39. The highest BCUT2D eigenvalue weighted by atomic mass is 127. The first-order valence-corrected chi connectivity index (χ1v) is 10.2. The topological polar surface area (TPSA) is 26.3 Å². The Morgan fingerprint density at radius 3 is 2.32 bits per heavy atom. The molecule has 2 rings (SSSR count). The van der Waals surface area contributed by atoms with Gasteiger partial charge in [0.1, 0.15) is 6.10 Å². The highest BCUT2D eigenvalue weighted by molar-refractivity contribution is 14.1. The molecule has 1 aliphatic heterocycles. The predicted octanol–water partition coefficient (Wildman–Crippen LogP) is 5.71. The Bertz CT molecular complexity index is 459. The van der Waals surface area contributed by atoms with Crippen LogP contribution < -0.4 is 0 Å². The molecule has 1 atom stereocenters. The van der Waals surface area contributed by atoms with Crippen LogP contribution in [0.1, 0.15) is 73.7 Å². The van der Waals surface area contributed by atoms with E-state index in [0.29, 0.717) is 0 Å². The molecule has 0 aromatic heterocycles. The van der Waals surface area contributed by atoms with E-state index in [0.717, 1.165) is 28.4 Å². The zero-order valence-electron chi connectivity index (χ0n) is 13.4. The van der Waals surface area contributed by atoms with Gasteiger partial charge in [0.15, 0.2) is 0 Å². The normalized spacial score (nSPS) is 22.0. The Morgan fingerprint density at radius 2 is 1.59 bits per heavy atom. The fourth-order valence-corrected chi connectivity index (χ4v) is 3.69. The molecule has 0 spiro atoms. The molecule has 1 aliphatic rings. The number of alkyl halides is 1. The van der Waals surface area contributed by atoms with E-state index < -0.39 is 0 Å². The van der Waals surface area contributed by atoms with Gasteiger partial charge in [-0.3, -0.25) is 0 Å². The summed E-state index contributed by atoms with van der Waals surface area (Å²) in [6.07, 6.45) is 12.3. The lowest BCUT2D eigenvalue weighted by molar-refractivity contribution is 0.0334. The third kappa shape index (κ3) is 5.90. The summed E-state index contributed by atoms with van der Waals surface area (Å²) in [5, 5.41) is 0. The maximum atomic E-state index is 12.5. The summed E-state index contributed by atoms with van der Waals surface area (Å²) >= 11 is 2.33. The smallest absolute Gasteiger partial charge is 0.338 e. The van der Waals surface area contributed by atoms with Crippen molar-refractivity contribution in [3.63, 3.8) is 0 Å². The van der Waals surface area contributed by atoms with Crippen molar-refractivity contribution < 1.29 is 9.53 Å². The summed E-state index contributed by atoms with van der Waals surface area (Å²) in [7, 11) is 0. The van der Waals surface area contributed by atoms with Crippen molar-refractivity contribution in [2.45, 2.75) is 70.3 Å². The summed E-state index contributed by atoms with van der Waals surface area (Å²) in [6.45, 7) is 0. The summed E-state index contributed by atoms with van der Waals surface area (Å²) in [6, 6.07) is 7.96. The van der Waals surface area contributed by atoms with Crippen molar-refractivity contribution in [2.75, 3.05) is 4.43 Å². The minimum atomic E-state index is -0.132. The lowest BCUT2D eigenvalue weighted by Crippen LogP contribution is -2.20. The zero-order chi connectivity index (χ0) is 15.6. The number of aryl methyl sites for hydroxylation is 1. The number of halogens is 1. The Labute approximate surface area is 148 Å². The van der Waals surface area contributed by atoms with Crippen LogP contribution in [0.2, 0.25) is 0 Å². The highest BCUT2D eigenvalue weighted by Gasteiger charge is 2.17. The van der Waals surface area contributed by atoms with Gasteiger partial charge in [-0.25, -0.2) is 4.79 Å². The van der Waals surface area contributed by atoms with Crippen LogP contribution in [0.5, 0.6) is 0 Å². The van der Waals surface area contributed by atoms with Gasteiger partial charge < -0.3 is 4.74 Å². The molecule has 0 radical (unpaired) electrons. The molecule has 0 saturated carbocycles. The van der Waals surface area contributed by atoms with E-state index in [1.54, 1.807) is 0 Å². The molecule has 0 aliphatic carbocycles. The number of rotatable bonds is 1. The van der Waals surface area contributed by atoms with Crippen molar-refractivity contribution in [2.24, 2.45) is 0 Å². The van der Waals surface area contributed by atoms with Gasteiger partial charge in [-0.2, -0.15) is 0 Å². The maximum Gasteiger partial charge on any atom is 0.338 e. The molecular weight excluding hydrogens is 387 g/mol. The Hall–Kier alpha value is -0.580. The molecule has 0 N–H and O–H groups in total. The zero-order valence-corrected chi connectivity index (χ0v) is 15.5. The monoisotopic (exact) mass is 414 g/mol. The van der Waals surface area contributed by atoms with Crippen LogP contribution in [0.25, 0.3) is 0 Å². The quantitative estimate of drug-likeness (QED) is 0.334. The molecule has 0 bridgehead atoms. The van der Waals surface area contributed by atoms with E-state index in [1.165, 1.54) is 51.4 Å². The van der Waals surface area contributed by atoms with Crippen molar-refractivity contribution in [1.29, 1.82) is 0 Å². The van der Waals surface area contributed by atoms with Gasteiger partial charge in [-0.1, -0.05) is 79.3 Å². The standard InChI is InChI=1S/C19H27IO2/c20-15-17-13-8-6-4-2-1-3-5-7-11-16-12-9-10-14-18(16)19(21)22-17/h9-10,12,14,17H,1-8,11,13,15H2. The van der Waals surface area contributed by atoms with Gasteiger partial charge in [-0.05, 0) is 37.3 Å². The molecule has 1 heterocycles. The van der Waals surface area contributed by atoms with Gasteiger partial charge in [0.25, 0.3) is 0 Å². The van der Waals surface area contributed by atoms with Crippen LogP contribution in [0.4, 0.5) is 0 Å². The van der Waals surface area contributed by atoms with Gasteiger partial charge >= 0.3 is 5.97 Å². The average molecular weight is 414 g/mol. The molecule has 122 valence electrons. The number of cyclic esters (lactones) is 1. The minimum absolute atomic E-state index is 0.0614. The lowest BCUT2D eigenvalue weighted by atomic mass is 10.0. The fourth-order valence-electron chi connectivity index (χ4n) is 3.07. The average Bonchev–Trinajstić information content (AvgIpc) is 2.55. The van der Waals surface area contributed by atoms with Crippen LogP contribution >= 0.6 is 22.6 Å². The number of hydrogen-bond acceptors (Lipinski definition) is 2. The summed E-state index contributed by atoms with van der Waals surface area (Å²) < 4.78 is 6.64. The Balaban J connectivity index is 2.07. The molecule has 0 amide bonds. The number of carbonyl (C=O) groups is 1. The third-order valence-electron chi connectivity index (χ3n) is 4.41. The van der Waals surface area contributed by atoms with E-state index in [4.69, 9.17) is 4.74 Å². The first kappa shape index (κ1) is 17.8. The molecule has 22 heavy (non-hydrogen) atoms. The minimum Gasteiger partial charge on any atom is -0.458 e. The number of esters is 1. The van der Waals surface area contributed by atoms with Crippen LogP contribution in [0.15, 0.2) is 24.3 Å². The van der Waals surface area contributed by atoms with Crippen LogP contribution in [0.3, 0.4) is 0 Å². The van der Waals surface area contributed by atoms with Crippen molar-refractivity contribution in [3.8, 4) is 0 Å². The summed E-state index contributed by atoms with van der Waals surface area (Å²) in [4.78, 5) is 12.5. The van der Waals surface area contributed by atoms with E-state index in [2.05, 4.69) is 28.7 Å². The second kappa shape index (κ2) is 10.2. The van der Waals surface area contributed by atoms with Crippen LogP contribution in [0, 0.1) is 0 Å². The summed E-state index contributed by atoms with van der Waals surface area (Å²) in [5.41, 5.74) is 1.92. The van der Waals surface area contributed by atoms with E-state index in [1.807, 2.05) is 18.2 Å². The Morgan fingerprint density at radius 1 is 0.955 bits per heavy atom. The molecule has 2 nitrogen and oxygen atoms in total. The van der Waals surface area contributed by atoms with E-state index >= 15 is 0 Å². The number of benzene rings is 1. The first-order chi connectivity index (χ1) is 10.8.